The van der Waals surface area contributed by atoms with Crippen molar-refractivity contribution in [3.8, 4) is 5.88 Å². The van der Waals surface area contributed by atoms with Gasteiger partial charge in [0.05, 0.1) is 10.5 Å². The van der Waals surface area contributed by atoms with Crippen LogP contribution < -0.4 is 4.74 Å². The molecule has 4 heterocycles. The second kappa shape index (κ2) is 10.5. The molecule has 0 N–H and O–H groups in total. The summed E-state index contributed by atoms with van der Waals surface area (Å²) >= 11 is 3.39. The minimum absolute atomic E-state index is 0.0347. The molecule has 2 aromatic heterocycles. The lowest BCUT2D eigenvalue weighted by Crippen LogP contribution is -2.47. The molecule has 1 amide bonds. The minimum Gasteiger partial charge on any atom is -0.471 e. The number of aromatic nitrogens is 4. The van der Waals surface area contributed by atoms with Crippen LogP contribution in [0.2, 0.25) is 0 Å². The van der Waals surface area contributed by atoms with Crippen molar-refractivity contribution in [3.05, 3.63) is 21.9 Å². The average molecular weight is 606 g/mol. The van der Waals surface area contributed by atoms with Gasteiger partial charge < -0.3 is 14.4 Å². The molecular weight excluding hydrogens is 567 g/mol. The highest BCUT2D eigenvalue weighted by atomic mass is 79.9. The molecule has 0 radical (unpaired) electrons. The molecule has 1 aromatic carbocycles. The van der Waals surface area contributed by atoms with E-state index in [1.165, 1.54) is 0 Å². The van der Waals surface area contributed by atoms with Crippen molar-refractivity contribution in [2.45, 2.75) is 97.1 Å². The van der Waals surface area contributed by atoms with Crippen molar-refractivity contribution in [2.24, 2.45) is 0 Å². The first kappa shape index (κ1) is 28.0. The van der Waals surface area contributed by atoms with Crippen LogP contribution in [0.3, 0.4) is 0 Å². The molecule has 0 saturated carbocycles. The van der Waals surface area contributed by atoms with Gasteiger partial charge in [0.25, 0.3) is 0 Å². The fourth-order valence-electron chi connectivity index (χ4n) is 5.96. The lowest BCUT2D eigenvalue weighted by Gasteiger charge is -2.38. The normalized spacial score (nSPS) is 23.5. The molecular formula is C28H38BrFN6O3. The zero-order valence-electron chi connectivity index (χ0n) is 23.8. The Morgan fingerprint density at radius 2 is 1.97 bits per heavy atom. The Morgan fingerprint density at radius 3 is 2.62 bits per heavy atom. The Kier molecular flexibility index (Phi) is 7.52. The molecule has 2 aliphatic heterocycles. The Balaban J connectivity index is 1.54. The van der Waals surface area contributed by atoms with Gasteiger partial charge in [-0.2, -0.15) is 0 Å². The van der Waals surface area contributed by atoms with E-state index < -0.39 is 11.4 Å². The summed E-state index contributed by atoms with van der Waals surface area (Å²) in [6.07, 6.45) is 3.03. The van der Waals surface area contributed by atoms with Crippen LogP contribution in [0.25, 0.3) is 21.9 Å². The SMILES string of the molecule is Cc1cc2c(nc(O[C@@H](C)[C@@H]3CCCN3C)c3nnn([C@H]4CCN(C(=O)OC(C)(C)C)[C@H](C)C4)c32)c(F)c1Br. The number of pyridine rings is 1. The number of fused-ring (bicyclic) bond motifs is 3. The summed E-state index contributed by atoms with van der Waals surface area (Å²) in [6, 6.07) is 2.08. The van der Waals surface area contributed by atoms with Crippen molar-refractivity contribution in [2.75, 3.05) is 20.1 Å². The Hall–Kier alpha value is -2.53. The minimum atomic E-state index is -0.557. The molecule has 0 aliphatic carbocycles. The maximum Gasteiger partial charge on any atom is 0.410 e. The van der Waals surface area contributed by atoms with Gasteiger partial charge in [-0.25, -0.2) is 18.9 Å². The van der Waals surface area contributed by atoms with Crippen molar-refractivity contribution in [1.29, 1.82) is 0 Å². The number of amides is 1. The topological polar surface area (TPSA) is 85.6 Å². The second-order valence-electron chi connectivity index (χ2n) is 12.1. The van der Waals surface area contributed by atoms with E-state index in [0.717, 1.165) is 24.9 Å². The van der Waals surface area contributed by atoms with Gasteiger partial charge in [-0.1, -0.05) is 5.21 Å². The van der Waals surface area contributed by atoms with E-state index in [0.29, 0.717) is 46.2 Å². The number of rotatable bonds is 4. The highest BCUT2D eigenvalue weighted by Crippen LogP contribution is 2.38. The van der Waals surface area contributed by atoms with Gasteiger partial charge >= 0.3 is 6.09 Å². The monoisotopic (exact) mass is 604 g/mol. The lowest BCUT2D eigenvalue weighted by molar-refractivity contribution is 0.00744. The summed E-state index contributed by atoms with van der Waals surface area (Å²) in [5, 5.41) is 9.73. The number of nitrogens with zero attached hydrogens (tertiary/aromatic N) is 6. The van der Waals surface area contributed by atoms with Crippen LogP contribution in [0, 0.1) is 12.7 Å². The summed E-state index contributed by atoms with van der Waals surface area (Å²) in [6.45, 7) is 13.1. The third-order valence-corrected chi connectivity index (χ3v) is 8.94. The highest BCUT2D eigenvalue weighted by Gasteiger charge is 2.35. The van der Waals surface area contributed by atoms with E-state index in [9.17, 15) is 4.79 Å². The first-order valence-electron chi connectivity index (χ1n) is 13.8. The molecule has 0 spiro atoms. The van der Waals surface area contributed by atoms with Crippen LogP contribution in [0.15, 0.2) is 10.5 Å². The number of hydrogen-bond acceptors (Lipinski definition) is 7. The zero-order valence-corrected chi connectivity index (χ0v) is 25.4. The van der Waals surface area contributed by atoms with Crippen molar-refractivity contribution in [3.63, 3.8) is 0 Å². The van der Waals surface area contributed by atoms with Gasteiger partial charge in [-0.3, -0.25) is 4.90 Å². The Labute approximate surface area is 237 Å². The molecule has 9 nitrogen and oxygen atoms in total. The summed E-state index contributed by atoms with van der Waals surface area (Å²) in [5.41, 5.74) is 1.67. The van der Waals surface area contributed by atoms with Gasteiger partial charge in [-0.15, -0.1) is 5.10 Å². The molecule has 2 fully saturated rings. The van der Waals surface area contributed by atoms with Crippen LogP contribution >= 0.6 is 15.9 Å². The maximum atomic E-state index is 15.6. The van der Waals surface area contributed by atoms with Crippen LogP contribution in [0.5, 0.6) is 5.88 Å². The first-order chi connectivity index (χ1) is 18.4. The molecule has 11 heteroatoms. The molecule has 39 heavy (non-hydrogen) atoms. The number of piperidine rings is 1. The number of ether oxygens (including phenoxy) is 2. The summed E-state index contributed by atoms with van der Waals surface area (Å²) in [4.78, 5) is 21.5. The van der Waals surface area contributed by atoms with Gasteiger partial charge in [0, 0.05) is 24.0 Å². The molecule has 212 valence electrons. The van der Waals surface area contributed by atoms with Crippen molar-refractivity contribution in [1.82, 2.24) is 29.8 Å². The van der Waals surface area contributed by atoms with Crippen molar-refractivity contribution >= 4 is 44.0 Å². The summed E-state index contributed by atoms with van der Waals surface area (Å²) < 4.78 is 29.9. The lowest BCUT2D eigenvalue weighted by atomic mass is 9.98. The van der Waals surface area contributed by atoms with Crippen LogP contribution in [-0.2, 0) is 4.74 Å². The van der Waals surface area contributed by atoms with Gasteiger partial charge in [0.15, 0.2) is 11.3 Å². The number of carbonyl (C=O) groups is 1. The van der Waals surface area contributed by atoms with E-state index in [2.05, 4.69) is 43.2 Å². The Bertz CT molecular complexity index is 1410. The number of halogens is 2. The quantitative estimate of drug-likeness (QED) is 0.360. The summed E-state index contributed by atoms with van der Waals surface area (Å²) in [7, 11) is 2.10. The summed E-state index contributed by atoms with van der Waals surface area (Å²) in [5.74, 6) is -0.131. The van der Waals surface area contributed by atoms with Gasteiger partial charge in [0.1, 0.15) is 22.7 Å². The number of carbonyl (C=O) groups excluding carboxylic acids is 1. The molecule has 0 unspecified atom stereocenters. The van der Waals surface area contributed by atoms with Crippen LogP contribution in [-0.4, -0.2) is 79.8 Å². The van der Waals surface area contributed by atoms with E-state index in [1.807, 2.05) is 52.3 Å². The van der Waals surface area contributed by atoms with E-state index in [-0.39, 0.29) is 35.8 Å². The second-order valence-corrected chi connectivity index (χ2v) is 12.9. The third kappa shape index (κ3) is 5.31. The van der Waals surface area contributed by atoms with Crippen LogP contribution in [0.1, 0.15) is 71.9 Å². The average Bonchev–Trinajstić information content (AvgIpc) is 3.49. The van der Waals surface area contributed by atoms with Crippen LogP contribution in [0.4, 0.5) is 9.18 Å². The molecule has 2 saturated heterocycles. The van der Waals surface area contributed by atoms with Gasteiger partial charge in [0.2, 0.25) is 5.88 Å². The van der Waals surface area contributed by atoms with E-state index in [1.54, 1.807) is 4.90 Å². The molecule has 0 bridgehead atoms. The van der Waals surface area contributed by atoms with E-state index in [4.69, 9.17) is 9.47 Å². The Morgan fingerprint density at radius 1 is 1.23 bits per heavy atom. The smallest absolute Gasteiger partial charge is 0.410 e. The zero-order chi connectivity index (χ0) is 28.2. The number of benzene rings is 1. The van der Waals surface area contributed by atoms with E-state index >= 15 is 4.39 Å². The first-order valence-corrected chi connectivity index (χ1v) is 14.5. The maximum absolute atomic E-state index is 15.6. The predicted octanol–water partition coefficient (Wildman–Crippen LogP) is 6.01. The molecule has 4 atom stereocenters. The fraction of sp³-hybridized carbons (Fsp3) is 0.643. The molecule has 2 aliphatic rings. The number of hydrogen-bond donors (Lipinski definition) is 0. The third-order valence-electron chi connectivity index (χ3n) is 7.97. The highest BCUT2D eigenvalue weighted by molar-refractivity contribution is 9.10. The molecule has 3 aromatic rings. The number of likely N-dealkylation sites (tertiary alicyclic amines) is 2. The van der Waals surface area contributed by atoms with Crippen molar-refractivity contribution < 1.29 is 18.7 Å². The molecule has 5 rings (SSSR count). The predicted molar refractivity (Wildman–Crippen MR) is 152 cm³/mol. The standard InChI is InChI=1S/C28H38BrFN6O3/c1-15-13-19-23(22(30)21(15)29)31-26(38-17(3)20-9-8-11-34(20)7)24-25(19)36(33-32-24)18-10-12-35(16(2)14-18)27(37)39-28(4,5)6/h13,16-18,20H,8-12,14H2,1-7H3/t16-,17+,18+,20+/m1/s1. The fourth-order valence-corrected chi connectivity index (χ4v) is 6.26. The number of aryl methyl sites for hydroxylation is 1. The van der Waals surface area contributed by atoms with Gasteiger partial charge in [-0.05, 0) is 108 Å². The number of likely N-dealkylation sites (N-methyl/N-ethyl adjacent to an activating group) is 1. The largest absolute Gasteiger partial charge is 0.471 e.